The summed E-state index contributed by atoms with van der Waals surface area (Å²) in [7, 11) is -3.79. The fourth-order valence-electron chi connectivity index (χ4n) is 1.94. The van der Waals surface area contributed by atoms with Gasteiger partial charge in [-0.15, -0.1) is 0 Å². The molecule has 0 amide bonds. The van der Waals surface area contributed by atoms with Crippen molar-refractivity contribution < 1.29 is 12.8 Å². The van der Waals surface area contributed by atoms with Crippen LogP contribution in [-0.4, -0.2) is 8.42 Å². The van der Waals surface area contributed by atoms with Crippen LogP contribution < -0.4 is 10.5 Å². The highest BCUT2D eigenvalue weighted by Gasteiger charge is 2.18. The van der Waals surface area contributed by atoms with E-state index in [-0.39, 0.29) is 21.6 Å². The molecule has 21 heavy (non-hydrogen) atoms. The Morgan fingerprint density at radius 1 is 1.29 bits per heavy atom. The number of sulfonamides is 1. The van der Waals surface area contributed by atoms with Gasteiger partial charge in [0.05, 0.1) is 15.1 Å². The molecule has 0 aliphatic heterocycles. The number of nitrogens with one attached hydrogen (secondary N) is 1. The quantitative estimate of drug-likeness (QED) is 0.865. The highest BCUT2D eigenvalue weighted by molar-refractivity contribution is 9.10. The molecular weight excluding hydrogens is 359 g/mol. The molecule has 0 saturated heterocycles. The molecule has 0 aliphatic rings. The van der Waals surface area contributed by atoms with Crippen LogP contribution in [0.3, 0.4) is 0 Å². The van der Waals surface area contributed by atoms with E-state index in [1.165, 1.54) is 18.2 Å². The molecule has 7 heteroatoms. The van der Waals surface area contributed by atoms with Gasteiger partial charge in [0.2, 0.25) is 0 Å². The molecule has 0 heterocycles. The second-order valence-electron chi connectivity index (χ2n) is 4.48. The van der Waals surface area contributed by atoms with Crippen LogP contribution >= 0.6 is 15.9 Å². The minimum atomic E-state index is -3.79. The summed E-state index contributed by atoms with van der Waals surface area (Å²) in [6.45, 7) is 1.95. The van der Waals surface area contributed by atoms with Crippen LogP contribution in [0, 0.1) is 12.7 Å². The van der Waals surface area contributed by atoms with Crippen molar-refractivity contribution in [1.82, 2.24) is 0 Å². The van der Waals surface area contributed by atoms with Gasteiger partial charge in [-0.05, 0) is 58.2 Å². The molecule has 0 atom stereocenters. The Bertz CT molecular complexity index is 779. The Hall–Kier alpha value is -1.44. The van der Waals surface area contributed by atoms with Gasteiger partial charge < -0.3 is 5.73 Å². The zero-order chi connectivity index (χ0) is 15.6. The van der Waals surface area contributed by atoms with Crippen molar-refractivity contribution >= 4 is 31.6 Å². The van der Waals surface area contributed by atoms with Crippen molar-refractivity contribution in [3.63, 3.8) is 0 Å². The van der Waals surface area contributed by atoms with Gasteiger partial charge in [0.25, 0.3) is 10.0 Å². The van der Waals surface area contributed by atoms with E-state index in [2.05, 4.69) is 20.7 Å². The van der Waals surface area contributed by atoms with Gasteiger partial charge in [0, 0.05) is 6.54 Å². The molecule has 0 saturated carbocycles. The zero-order valence-electron chi connectivity index (χ0n) is 11.2. The average Bonchev–Trinajstić information content (AvgIpc) is 2.42. The maximum Gasteiger partial charge on any atom is 0.262 e. The number of rotatable bonds is 4. The average molecular weight is 373 g/mol. The molecule has 2 aromatic rings. The van der Waals surface area contributed by atoms with Crippen LogP contribution in [-0.2, 0) is 16.6 Å². The first kappa shape index (κ1) is 15.9. The lowest BCUT2D eigenvalue weighted by atomic mass is 10.1. The van der Waals surface area contributed by atoms with E-state index in [1.807, 2.05) is 0 Å². The van der Waals surface area contributed by atoms with Gasteiger partial charge in [0.1, 0.15) is 5.82 Å². The minimum Gasteiger partial charge on any atom is -0.326 e. The number of anilines is 1. The zero-order valence-corrected chi connectivity index (χ0v) is 13.6. The molecule has 0 radical (unpaired) electrons. The van der Waals surface area contributed by atoms with Gasteiger partial charge in [-0.3, -0.25) is 4.72 Å². The predicted octanol–water partition coefficient (Wildman–Crippen LogP) is 3.16. The molecule has 0 spiro atoms. The van der Waals surface area contributed by atoms with Crippen LogP contribution in [0.5, 0.6) is 0 Å². The van der Waals surface area contributed by atoms with Crippen LogP contribution in [0.15, 0.2) is 45.8 Å². The molecule has 112 valence electrons. The number of benzene rings is 2. The Balaban J connectivity index is 2.41. The fourth-order valence-corrected chi connectivity index (χ4v) is 3.53. The molecule has 3 N–H and O–H groups in total. The monoisotopic (exact) mass is 372 g/mol. The molecule has 0 aromatic heterocycles. The smallest absolute Gasteiger partial charge is 0.262 e. The summed E-state index contributed by atoms with van der Waals surface area (Å²) >= 11 is 3.02. The molecule has 0 bridgehead atoms. The lowest BCUT2D eigenvalue weighted by molar-refractivity contribution is 0.600. The third-order valence-corrected chi connectivity index (χ3v) is 5.25. The van der Waals surface area contributed by atoms with Gasteiger partial charge in [0.15, 0.2) is 0 Å². The Kier molecular flexibility index (Phi) is 4.65. The highest BCUT2D eigenvalue weighted by Crippen LogP contribution is 2.24. The molecule has 0 unspecified atom stereocenters. The summed E-state index contributed by atoms with van der Waals surface area (Å²) in [6.07, 6.45) is 0. The molecule has 4 nitrogen and oxygen atoms in total. The molecular formula is C14H14BrFN2O2S. The Morgan fingerprint density at radius 2 is 2.00 bits per heavy atom. The summed E-state index contributed by atoms with van der Waals surface area (Å²) in [4.78, 5) is 0.133. The third kappa shape index (κ3) is 3.42. The minimum absolute atomic E-state index is 0.133. The van der Waals surface area contributed by atoms with Gasteiger partial charge in [-0.2, -0.15) is 0 Å². The van der Waals surface area contributed by atoms with Crippen molar-refractivity contribution in [2.45, 2.75) is 18.4 Å². The number of hydrogen-bond donors (Lipinski definition) is 2. The van der Waals surface area contributed by atoms with Crippen molar-refractivity contribution in [1.29, 1.82) is 0 Å². The van der Waals surface area contributed by atoms with Gasteiger partial charge >= 0.3 is 0 Å². The van der Waals surface area contributed by atoms with E-state index in [1.54, 1.807) is 19.1 Å². The van der Waals surface area contributed by atoms with Crippen molar-refractivity contribution in [3.8, 4) is 0 Å². The lowest BCUT2D eigenvalue weighted by Crippen LogP contribution is -2.15. The Morgan fingerprint density at radius 3 is 2.62 bits per heavy atom. The third-order valence-electron chi connectivity index (χ3n) is 3.08. The topological polar surface area (TPSA) is 72.2 Å². The maximum absolute atomic E-state index is 13.5. The fraction of sp³-hybridized carbons (Fsp3) is 0.143. The molecule has 2 rings (SSSR count). The second kappa shape index (κ2) is 6.13. The molecule has 2 aromatic carbocycles. The summed E-state index contributed by atoms with van der Waals surface area (Å²) in [5.74, 6) is -0.539. The summed E-state index contributed by atoms with van der Waals surface area (Å²) in [5.41, 5.74) is 7.08. The van der Waals surface area contributed by atoms with Gasteiger partial charge in [-0.25, -0.2) is 12.8 Å². The van der Waals surface area contributed by atoms with E-state index >= 15 is 0 Å². The van der Waals surface area contributed by atoms with Crippen LogP contribution in [0.1, 0.15) is 11.1 Å². The van der Waals surface area contributed by atoms with Crippen molar-refractivity contribution in [2.24, 2.45) is 5.73 Å². The summed E-state index contributed by atoms with van der Waals surface area (Å²) in [5, 5.41) is 0. The van der Waals surface area contributed by atoms with Crippen molar-refractivity contribution in [3.05, 3.63) is 57.8 Å². The predicted molar refractivity (Wildman–Crippen MR) is 84.0 cm³/mol. The first-order valence-corrected chi connectivity index (χ1v) is 8.39. The van der Waals surface area contributed by atoms with Gasteiger partial charge in [-0.1, -0.05) is 12.1 Å². The van der Waals surface area contributed by atoms with Crippen LogP contribution in [0.2, 0.25) is 0 Å². The number of nitrogens with two attached hydrogens (primary N) is 1. The van der Waals surface area contributed by atoms with Crippen LogP contribution in [0.25, 0.3) is 0 Å². The number of hydrogen-bond acceptors (Lipinski definition) is 3. The first-order chi connectivity index (χ1) is 9.85. The number of halogens is 2. The van der Waals surface area contributed by atoms with E-state index in [0.29, 0.717) is 5.56 Å². The van der Waals surface area contributed by atoms with E-state index in [0.717, 1.165) is 11.6 Å². The largest absolute Gasteiger partial charge is 0.326 e. The lowest BCUT2D eigenvalue weighted by Gasteiger charge is -2.13. The second-order valence-corrected chi connectivity index (χ2v) is 6.98. The summed E-state index contributed by atoms with van der Waals surface area (Å²) in [6, 6.07) is 8.93. The maximum atomic E-state index is 13.5. The SMILES string of the molecule is Cc1c(CN)cccc1S(=O)(=O)Nc1ccc(Br)c(F)c1. The highest BCUT2D eigenvalue weighted by atomic mass is 79.9. The van der Waals surface area contributed by atoms with E-state index in [4.69, 9.17) is 5.73 Å². The molecule has 0 fully saturated rings. The summed E-state index contributed by atoms with van der Waals surface area (Å²) < 4.78 is 40.9. The normalized spacial score (nSPS) is 11.4. The van der Waals surface area contributed by atoms with E-state index in [9.17, 15) is 12.8 Å². The Labute approximate surface area is 131 Å². The van der Waals surface area contributed by atoms with Crippen LogP contribution in [0.4, 0.5) is 10.1 Å². The first-order valence-electron chi connectivity index (χ1n) is 6.11. The van der Waals surface area contributed by atoms with Crippen molar-refractivity contribution in [2.75, 3.05) is 4.72 Å². The molecule has 0 aliphatic carbocycles. The standard InChI is InChI=1S/C14H14BrFN2O2S/c1-9-10(8-17)3-2-4-14(9)21(19,20)18-11-5-6-12(15)13(16)7-11/h2-7,18H,8,17H2,1H3. The van der Waals surface area contributed by atoms with E-state index < -0.39 is 15.8 Å².